The van der Waals surface area contributed by atoms with Crippen molar-refractivity contribution in [3.63, 3.8) is 0 Å². The van der Waals surface area contributed by atoms with Gasteiger partial charge in [0.1, 0.15) is 6.61 Å². The van der Waals surface area contributed by atoms with Crippen molar-refractivity contribution >= 4 is 11.9 Å². The number of hydrogen-bond acceptors (Lipinski definition) is 5. The van der Waals surface area contributed by atoms with E-state index in [0.717, 1.165) is 18.7 Å². The predicted octanol–water partition coefficient (Wildman–Crippen LogP) is 1.26. The molecule has 1 N–H and O–H groups in total. The monoisotopic (exact) mass is 318 g/mol. The molecular formula is C17H22N2O4. The summed E-state index contributed by atoms with van der Waals surface area (Å²) < 4.78 is 4.93. The molecule has 6 heteroatoms. The molecule has 1 spiro atoms. The van der Waals surface area contributed by atoms with Crippen LogP contribution in [-0.4, -0.2) is 42.7 Å². The summed E-state index contributed by atoms with van der Waals surface area (Å²) in [6, 6.07) is 9.71. The zero-order valence-electron chi connectivity index (χ0n) is 13.3. The second-order valence-corrected chi connectivity index (χ2v) is 6.08. The Hall–Kier alpha value is -1.92. The van der Waals surface area contributed by atoms with Gasteiger partial charge in [-0.1, -0.05) is 30.3 Å². The molecule has 3 rings (SSSR count). The molecule has 23 heavy (non-hydrogen) atoms. The molecule has 2 fully saturated rings. The number of ether oxygens (including phenoxy) is 1. The van der Waals surface area contributed by atoms with E-state index in [9.17, 15) is 9.59 Å². The number of benzene rings is 1. The largest absolute Gasteiger partial charge is 0.469 e. The van der Waals surface area contributed by atoms with Crippen LogP contribution >= 0.6 is 0 Å². The second kappa shape index (κ2) is 6.68. The Morgan fingerprint density at radius 1 is 1.30 bits per heavy atom. The van der Waals surface area contributed by atoms with Gasteiger partial charge in [0.15, 0.2) is 0 Å². The Morgan fingerprint density at radius 2 is 2.00 bits per heavy atom. The van der Waals surface area contributed by atoms with Gasteiger partial charge in [0.25, 0.3) is 0 Å². The SMILES string of the molecule is COC(=O)[C@H]1CC(=O)N(OCc2ccccc2)C12CCNCC2. The Labute approximate surface area is 135 Å². The lowest BCUT2D eigenvalue weighted by molar-refractivity contribution is -0.226. The number of esters is 1. The molecule has 2 aliphatic heterocycles. The van der Waals surface area contributed by atoms with E-state index < -0.39 is 11.5 Å². The number of hydroxylamine groups is 2. The lowest BCUT2D eigenvalue weighted by Crippen LogP contribution is -2.56. The molecule has 124 valence electrons. The molecule has 0 aromatic heterocycles. The summed E-state index contributed by atoms with van der Waals surface area (Å²) in [7, 11) is 1.37. The van der Waals surface area contributed by atoms with Gasteiger partial charge in [-0.2, -0.15) is 0 Å². The highest BCUT2D eigenvalue weighted by Crippen LogP contribution is 2.43. The van der Waals surface area contributed by atoms with Crippen LogP contribution in [-0.2, 0) is 25.8 Å². The molecular weight excluding hydrogens is 296 g/mol. The van der Waals surface area contributed by atoms with Crippen molar-refractivity contribution in [3.05, 3.63) is 35.9 Å². The summed E-state index contributed by atoms with van der Waals surface area (Å²) >= 11 is 0. The molecule has 0 saturated carbocycles. The van der Waals surface area contributed by atoms with Crippen molar-refractivity contribution in [2.75, 3.05) is 20.2 Å². The number of piperidine rings is 1. The van der Waals surface area contributed by atoms with Gasteiger partial charge < -0.3 is 10.1 Å². The first-order chi connectivity index (χ1) is 11.2. The average Bonchev–Trinajstić information content (AvgIpc) is 2.85. The average molecular weight is 318 g/mol. The van der Waals surface area contributed by atoms with Crippen molar-refractivity contribution in [2.45, 2.75) is 31.4 Å². The number of nitrogens with one attached hydrogen (secondary N) is 1. The molecule has 2 saturated heterocycles. The fraction of sp³-hybridized carbons (Fsp3) is 0.529. The predicted molar refractivity (Wildman–Crippen MR) is 83.0 cm³/mol. The van der Waals surface area contributed by atoms with E-state index in [1.54, 1.807) is 0 Å². The van der Waals surface area contributed by atoms with E-state index in [2.05, 4.69) is 5.32 Å². The van der Waals surface area contributed by atoms with Crippen LogP contribution in [0.3, 0.4) is 0 Å². The van der Waals surface area contributed by atoms with Crippen LogP contribution in [0.5, 0.6) is 0 Å². The molecule has 0 bridgehead atoms. The standard InChI is InChI=1S/C17H22N2O4/c1-22-16(21)14-11-15(20)19(17(14)7-9-18-10-8-17)23-12-13-5-3-2-4-6-13/h2-6,14,18H,7-12H2,1H3/t14-/m1/s1. The Bertz CT molecular complexity index is 569. The van der Waals surface area contributed by atoms with Crippen molar-refractivity contribution in [2.24, 2.45) is 5.92 Å². The zero-order chi connectivity index (χ0) is 16.3. The van der Waals surface area contributed by atoms with Gasteiger partial charge in [-0.15, -0.1) is 0 Å². The summed E-state index contributed by atoms with van der Waals surface area (Å²) in [5.74, 6) is -0.929. The van der Waals surface area contributed by atoms with Crippen molar-refractivity contribution in [1.82, 2.24) is 10.4 Å². The molecule has 0 unspecified atom stereocenters. The van der Waals surface area contributed by atoms with E-state index in [-0.39, 0.29) is 18.3 Å². The molecule has 2 aliphatic rings. The highest BCUT2D eigenvalue weighted by molar-refractivity contribution is 5.88. The number of hydrogen-bond donors (Lipinski definition) is 1. The third-order valence-corrected chi connectivity index (χ3v) is 4.82. The Morgan fingerprint density at radius 3 is 2.65 bits per heavy atom. The number of methoxy groups -OCH3 is 1. The number of nitrogens with zero attached hydrogens (tertiary/aromatic N) is 1. The Balaban J connectivity index is 1.81. The van der Waals surface area contributed by atoms with E-state index in [1.165, 1.54) is 12.2 Å². The second-order valence-electron chi connectivity index (χ2n) is 6.08. The maximum atomic E-state index is 12.5. The number of rotatable bonds is 4. The summed E-state index contributed by atoms with van der Waals surface area (Å²) in [5, 5.41) is 4.74. The molecule has 1 amide bonds. The van der Waals surface area contributed by atoms with Crippen molar-refractivity contribution < 1.29 is 19.2 Å². The smallest absolute Gasteiger partial charge is 0.311 e. The van der Waals surface area contributed by atoms with E-state index in [1.807, 2.05) is 30.3 Å². The van der Waals surface area contributed by atoms with E-state index >= 15 is 0 Å². The van der Waals surface area contributed by atoms with Gasteiger partial charge >= 0.3 is 5.97 Å². The fourth-order valence-corrected chi connectivity index (χ4v) is 3.61. The van der Waals surface area contributed by atoms with Crippen LogP contribution in [0, 0.1) is 5.92 Å². The molecule has 1 aromatic rings. The van der Waals surface area contributed by atoms with Gasteiger partial charge in [-0.25, -0.2) is 5.06 Å². The van der Waals surface area contributed by atoms with Crippen LogP contribution < -0.4 is 5.32 Å². The van der Waals surface area contributed by atoms with Crippen molar-refractivity contribution in [1.29, 1.82) is 0 Å². The van der Waals surface area contributed by atoms with Gasteiger partial charge in [0.2, 0.25) is 5.91 Å². The molecule has 0 aliphatic carbocycles. The highest BCUT2D eigenvalue weighted by Gasteiger charge is 2.57. The summed E-state index contributed by atoms with van der Waals surface area (Å²) in [5.41, 5.74) is 0.399. The lowest BCUT2D eigenvalue weighted by atomic mass is 9.78. The van der Waals surface area contributed by atoms with E-state index in [0.29, 0.717) is 19.4 Å². The third-order valence-electron chi connectivity index (χ3n) is 4.82. The first-order valence-corrected chi connectivity index (χ1v) is 7.96. The van der Waals surface area contributed by atoms with Gasteiger partial charge in [-0.05, 0) is 31.5 Å². The molecule has 1 aromatic carbocycles. The molecule has 1 atom stereocenters. The first-order valence-electron chi connectivity index (χ1n) is 7.96. The first kappa shape index (κ1) is 16.0. The number of carbonyl (C=O) groups is 2. The minimum Gasteiger partial charge on any atom is -0.469 e. The number of carbonyl (C=O) groups excluding carboxylic acids is 2. The summed E-state index contributed by atoms with van der Waals surface area (Å²) in [6.45, 7) is 1.83. The van der Waals surface area contributed by atoms with Gasteiger partial charge in [0.05, 0.1) is 18.6 Å². The van der Waals surface area contributed by atoms with Crippen LogP contribution in [0.4, 0.5) is 0 Å². The van der Waals surface area contributed by atoms with Crippen LogP contribution in [0.1, 0.15) is 24.8 Å². The van der Waals surface area contributed by atoms with E-state index in [4.69, 9.17) is 9.57 Å². The zero-order valence-corrected chi connectivity index (χ0v) is 13.3. The van der Waals surface area contributed by atoms with Gasteiger partial charge in [0, 0.05) is 6.42 Å². The summed E-state index contributed by atoms with van der Waals surface area (Å²) in [6.07, 6.45) is 1.53. The van der Waals surface area contributed by atoms with Crippen LogP contribution in [0.2, 0.25) is 0 Å². The maximum Gasteiger partial charge on any atom is 0.311 e. The van der Waals surface area contributed by atoms with Crippen LogP contribution in [0.25, 0.3) is 0 Å². The van der Waals surface area contributed by atoms with Gasteiger partial charge in [-0.3, -0.25) is 14.4 Å². The number of amides is 1. The minimum absolute atomic E-state index is 0.141. The minimum atomic E-state index is -0.593. The topological polar surface area (TPSA) is 67.9 Å². The lowest BCUT2D eigenvalue weighted by Gasteiger charge is -2.42. The molecule has 6 nitrogen and oxygen atoms in total. The quantitative estimate of drug-likeness (QED) is 0.847. The fourth-order valence-electron chi connectivity index (χ4n) is 3.61. The normalized spacial score (nSPS) is 23.3. The van der Waals surface area contributed by atoms with Crippen LogP contribution in [0.15, 0.2) is 30.3 Å². The molecule has 0 radical (unpaired) electrons. The summed E-state index contributed by atoms with van der Waals surface area (Å²) in [4.78, 5) is 30.5. The van der Waals surface area contributed by atoms with Crippen molar-refractivity contribution in [3.8, 4) is 0 Å². The Kier molecular flexibility index (Phi) is 4.63. The highest BCUT2D eigenvalue weighted by atomic mass is 16.7. The molecule has 2 heterocycles. The maximum absolute atomic E-state index is 12.5. The third kappa shape index (κ3) is 2.96.